The van der Waals surface area contributed by atoms with Crippen LogP contribution in [0.5, 0.6) is 0 Å². The molecule has 1 amide bonds. The normalized spacial score (nSPS) is 18.8. The number of nitro benzene ring substituents is 1. The highest BCUT2D eigenvalue weighted by Gasteiger charge is 2.18. The molecule has 0 radical (unpaired) electrons. The Morgan fingerprint density at radius 2 is 1.87 bits per heavy atom. The molecule has 0 atom stereocenters. The van der Waals surface area contributed by atoms with Gasteiger partial charge in [0, 0.05) is 12.1 Å². The van der Waals surface area contributed by atoms with E-state index in [9.17, 15) is 20.2 Å². The van der Waals surface area contributed by atoms with Crippen LogP contribution in [-0.4, -0.2) is 10.8 Å². The molecule has 2 N–H and O–H groups in total. The van der Waals surface area contributed by atoms with E-state index in [2.05, 4.69) is 0 Å². The first kappa shape index (κ1) is 16.4. The molecule has 2 rings (SSSR count). The van der Waals surface area contributed by atoms with Crippen LogP contribution in [0.4, 0.5) is 5.69 Å². The molecule has 1 fully saturated rings. The van der Waals surface area contributed by atoms with E-state index in [0.717, 1.165) is 36.8 Å². The molecule has 1 aromatic rings. The molecule has 0 heterocycles. The first-order chi connectivity index (χ1) is 11.0. The van der Waals surface area contributed by atoms with Gasteiger partial charge in [-0.1, -0.05) is 12.5 Å². The Morgan fingerprint density at radius 1 is 1.22 bits per heavy atom. The Kier molecular flexibility index (Phi) is 5.26. The summed E-state index contributed by atoms with van der Waals surface area (Å²) in [6.45, 7) is 0. The minimum absolute atomic E-state index is 0.0139. The van der Waals surface area contributed by atoms with E-state index in [4.69, 9.17) is 5.73 Å². The van der Waals surface area contributed by atoms with E-state index in [0.29, 0.717) is 12.0 Å². The Bertz CT molecular complexity index is 724. The quantitative estimate of drug-likeness (QED) is 0.303. The average molecular weight is 311 g/mol. The van der Waals surface area contributed by atoms with Crippen LogP contribution in [0.3, 0.4) is 0 Å². The molecular formula is C17H17N3O3. The van der Waals surface area contributed by atoms with E-state index in [-0.39, 0.29) is 11.3 Å². The molecule has 1 aliphatic carbocycles. The summed E-state index contributed by atoms with van der Waals surface area (Å²) >= 11 is 0. The van der Waals surface area contributed by atoms with Crippen molar-refractivity contribution in [2.75, 3.05) is 0 Å². The van der Waals surface area contributed by atoms with E-state index in [1.165, 1.54) is 12.1 Å². The summed E-state index contributed by atoms with van der Waals surface area (Å²) in [4.78, 5) is 21.7. The summed E-state index contributed by atoms with van der Waals surface area (Å²) in [5.74, 6) is -0.709. The van der Waals surface area contributed by atoms with Crippen LogP contribution in [0, 0.1) is 21.4 Å². The number of rotatable bonds is 3. The van der Waals surface area contributed by atoms with Gasteiger partial charge in [0.25, 0.3) is 11.6 Å². The number of nitriles is 1. The number of allylic oxidation sites excluding steroid dienone is 2. The van der Waals surface area contributed by atoms with Gasteiger partial charge in [0.05, 0.1) is 4.92 Å². The summed E-state index contributed by atoms with van der Waals surface area (Å²) < 4.78 is 0. The lowest BCUT2D eigenvalue weighted by Gasteiger charge is -2.10. The van der Waals surface area contributed by atoms with Crippen LogP contribution in [0.1, 0.15) is 37.7 Å². The minimum Gasteiger partial charge on any atom is -0.365 e. The SMILES string of the molecule is N#C/C(C(N)=O)=C1\CCCCC\C1=C/c1ccc([N+](=O)[O-])cc1. The van der Waals surface area contributed by atoms with Crippen molar-refractivity contribution < 1.29 is 9.72 Å². The van der Waals surface area contributed by atoms with Crippen LogP contribution in [-0.2, 0) is 4.79 Å². The van der Waals surface area contributed by atoms with Crippen LogP contribution >= 0.6 is 0 Å². The average Bonchev–Trinajstić information content (AvgIpc) is 2.74. The van der Waals surface area contributed by atoms with Crippen molar-refractivity contribution in [1.29, 1.82) is 5.26 Å². The number of primary amides is 1. The monoisotopic (exact) mass is 311 g/mol. The molecule has 1 aliphatic rings. The van der Waals surface area contributed by atoms with Gasteiger partial charge < -0.3 is 5.73 Å². The zero-order valence-corrected chi connectivity index (χ0v) is 12.6. The van der Waals surface area contributed by atoms with Gasteiger partial charge in [-0.05, 0) is 54.5 Å². The van der Waals surface area contributed by atoms with E-state index >= 15 is 0 Å². The number of carbonyl (C=O) groups excluding carboxylic acids is 1. The number of non-ortho nitro benzene ring substituents is 1. The zero-order valence-electron chi connectivity index (χ0n) is 12.6. The highest BCUT2D eigenvalue weighted by molar-refractivity contribution is 5.97. The fraction of sp³-hybridized carbons (Fsp3) is 0.294. The lowest BCUT2D eigenvalue weighted by atomic mass is 9.94. The van der Waals surface area contributed by atoms with Gasteiger partial charge >= 0.3 is 0 Å². The second-order valence-electron chi connectivity index (χ2n) is 5.41. The number of hydrogen-bond acceptors (Lipinski definition) is 4. The third-order valence-electron chi connectivity index (χ3n) is 3.87. The van der Waals surface area contributed by atoms with Crippen LogP contribution in [0.15, 0.2) is 41.0 Å². The maximum atomic E-state index is 11.5. The smallest absolute Gasteiger partial charge is 0.269 e. The molecule has 6 heteroatoms. The van der Waals surface area contributed by atoms with Gasteiger partial charge in [0.15, 0.2) is 0 Å². The lowest BCUT2D eigenvalue weighted by molar-refractivity contribution is -0.384. The zero-order chi connectivity index (χ0) is 16.8. The van der Waals surface area contributed by atoms with Crippen molar-refractivity contribution in [3.63, 3.8) is 0 Å². The molecule has 0 aromatic heterocycles. The predicted molar refractivity (Wildman–Crippen MR) is 86.0 cm³/mol. The van der Waals surface area contributed by atoms with Gasteiger partial charge in [-0.25, -0.2) is 0 Å². The molecule has 0 spiro atoms. The number of hydrogen-bond donors (Lipinski definition) is 1. The molecule has 23 heavy (non-hydrogen) atoms. The molecule has 0 aliphatic heterocycles. The molecule has 1 saturated carbocycles. The largest absolute Gasteiger partial charge is 0.365 e. The van der Waals surface area contributed by atoms with Gasteiger partial charge in [-0.3, -0.25) is 14.9 Å². The molecule has 1 aromatic carbocycles. The fourth-order valence-corrected chi connectivity index (χ4v) is 2.72. The van der Waals surface area contributed by atoms with Crippen molar-refractivity contribution >= 4 is 17.7 Å². The maximum Gasteiger partial charge on any atom is 0.269 e. The predicted octanol–water partition coefficient (Wildman–Crippen LogP) is 3.25. The van der Waals surface area contributed by atoms with Crippen molar-refractivity contribution in [3.05, 3.63) is 56.7 Å². The third kappa shape index (κ3) is 4.04. The van der Waals surface area contributed by atoms with Gasteiger partial charge in [0.2, 0.25) is 0 Å². The van der Waals surface area contributed by atoms with E-state index < -0.39 is 10.8 Å². The summed E-state index contributed by atoms with van der Waals surface area (Å²) in [6.07, 6.45) is 6.18. The minimum atomic E-state index is -0.709. The molecule has 0 unspecified atom stereocenters. The van der Waals surface area contributed by atoms with Crippen LogP contribution in [0.2, 0.25) is 0 Å². The van der Waals surface area contributed by atoms with Crippen LogP contribution < -0.4 is 5.73 Å². The molecular weight excluding hydrogens is 294 g/mol. The summed E-state index contributed by atoms with van der Waals surface area (Å²) in [5.41, 5.74) is 7.77. The first-order valence-electron chi connectivity index (χ1n) is 7.41. The van der Waals surface area contributed by atoms with Crippen molar-refractivity contribution in [2.24, 2.45) is 5.73 Å². The number of nitrogens with two attached hydrogens (primary N) is 1. The standard InChI is InChI=1S/C17H17N3O3/c18-11-16(17(19)21)15-5-3-1-2-4-13(15)10-12-6-8-14(9-7-12)20(22)23/h6-10H,1-5H2,(H2,19,21)/b13-10+,16-15-. The van der Waals surface area contributed by atoms with E-state index in [1.54, 1.807) is 12.1 Å². The fourth-order valence-electron chi connectivity index (χ4n) is 2.72. The number of carbonyl (C=O) groups is 1. The lowest BCUT2D eigenvalue weighted by Crippen LogP contribution is -2.15. The number of nitrogens with zero attached hydrogens (tertiary/aromatic N) is 2. The molecule has 6 nitrogen and oxygen atoms in total. The van der Waals surface area contributed by atoms with Crippen LogP contribution in [0.25, 0.3) is 6.08 Å². The molecule has 118 valence electrons. The number of amides is 1. The number of benzene rings is 1. The summed E-state index contributed by atoms with van der Waals surface area (Å²) in [5, 5.41) is 19.9. The molecule has 0 bridgehead atoms. The summed E-state index contributed by atoms with van der Waals surface area (Å²) in [7, 11) is 0. The summed E-state index contributed by atoms with van der Waals surface area (Å²) in [6, 6.07) is 8.10. The molecule has 0 saturated heterocycles. The van der Waals surface area contributed by atoms with E-state index in [1.807, 2.05) is 12.1 Å². The Hall–Kier alpha value is -2.94. The van der Waals surface area contributed by atoms with Crippen molar-refractivity contribution in [1.82, 2.24) is 0 Å². The van der Waals surface area contributed by atoms with Gasteiger partial charge in [-0.2, -0.15) is 5.26 Å². The number of nitro groups is 1. The maximum absolute atomic E-state index is 11.5. The van der Waals surface area contributed by atoms with Crippen molar-refractivity contribution in [3.8, 4) is 6.07 Å². The van der Waals surface area contributed by atoms with Gasteiger partial charge in [0.1, 0.15) is 11.6 Å². The first-order valence-corrected chi connectivity index (χ1v) is 7.41. The van der Waals surface area contributed by atoms with Crippen molar-refractivity contribution in [2.45, 2.75) is 32.1 Å². The second kappa shape index (κ2) is 7.36. The second-order valence-corrected chi connectivity index (χ2v) is 5.41. The highest BCUT2D eigenvalue weighted by atomic mass is 16.6. The Labute approximate surface area is 134 Å². The topological polar surface area (TPSA) is 110 Å². The highest BCUT2D eigenvalue weighted by Crippen LogP contribution is 2.31. The third-order valence-corrected chi connectivity index (χ3v) is 3.87. The Morgan fingerprint density at radius 3 is 2.43 bits per heavy atom. The van der Waals surface area contributed by atoms with Gasteiger partial charge in [-0.15, -0.1) is 0 Å². The Balaban J connectivity index is 2.45.